The lowest BCUT2D eigenvalue weighted by Crippen LogP contribution is -2.54. The molecule has 6 nitrogen and oxygen atoms in total. The zero-order chi connectivity index (χ0) is 22.2. The summed E-state index contributed by atoms with van der Waals surface area (Å²) in [5.74, 6) is -2.45. The number of carbonyl (C=O) groups excluding carboxylic acids is 1. The van der Waals surface area contributed by atoms with Crippen molar-refractivity contribution in [2.45, 2.75) is 49.9 Å². The second-order valence-electron chi connectivity index (χ2n) is 8.81. The molecule has 2 N–H and O–H groups in total. The van der Waals surface area contributed by atoms with Crippen LogP contribution in [-0.2, 0) is 11.4 Å². The Morgan fingerprint density at radius 2 is 2.00 bits per heavy atom. The summed E-state index contributed by atoms with van der Waals surface area (Å²) in [4.78, 5) is 18.1. The second-order valence-corrected chi connectivity index (χ2v) is 8.81. The molecule has 5 rings (SSSR count). The first-order valence-electron chi connectivity index (χ1n) is 11.0. The van der Waals surface area contributed by atoms with E-state index in [0.29, 0.717) is 24.1 Å². The van der Waals surface area contributed by atoms with E-state index in [1.54, 1.807) is 6.07 Å². The minimum Gasteiger partial charge on any atom is -0.485 e. The first kappa shape index (κ1) is 21.2. The molecule has 3 heterocycles. The van der Waals surface area contributed by atoms with Crippen LogP contribution in [0, 0.1) is 17.6 Å². The maximum Gasteiger partial charge on any atom is 0.236 e. The Morgan fingerprint density at radius 3 is 2.75 bits per heavy atom. The third-order valence-corrected chi connectivity index (χ3v) is 6.52. The number of fused-ring (bicyclic) bond motifs is 2. The van der Waals surface area contributed by atoms with Crippen LogP contribution >= 0.6 is 0 Å². The minimum atomic E-state index is -0.831. The minimum absolute atomic E-state index is 0.0444. The molecule has 1 saturated carbocycles. The maximum absolute atomic E-state index is 14.5. The molecule has 2 aliphatic heterocycles. The molecule has 3 fully saturated rings. The summed E-state index contributed by atoms with van der Waals surface area (Å²) in [5, 5.41) is 6.72. The van der Waals surface area contributed by atoms with E-state index in [2.05, 4.69) is 15.6 Å². The van der Waals surface area contributed by atoms with Gasteiger partial charge in [-0.2, -0.15) is 4.39 Å². The van der Waals surface area contributed by atoms with Crippen LogP contribution in [0.2, 0.25) is 0 Å². The molecule has 1 amide bonds. The zero-order valence-corrected chi connectivity index (χ0v) is 17.5. The highest BCUT2D eigenvalue weighted by Gasteiger charge is 2.42. The summed E-state index contributed by atoms with van der Waals surface area (Å²) < 4.78 is 47.8. The average molecular weight is 446 g/mol. The molecule has 2 aromatic rings. The van der Waals surface area contributed by atoms with Gasteiger partial charge >= 0.3 is 0 Å². The lowest BCUT2D eigenvalue weighted by atomic mass is 10.1. The van der Waals surface area contributed by atoms with Crippen molar-refractivity contribution >= 4 is 5.91 Å². The number of piperazine rings is 1. The van der Waals surface area contributed by atoms with Crippen molar-refractivity contribution in [2.24, 2.45) is 0 Å². The predicted octanol–water partition coefficient (Wildman–Crippen LogP) is 2.49. The second kappa shape index (κ2) is 8.71. The number of hydrogen-bond donors (Lipinski definition) is 2. The fourth-order valence-electron chi connectivity index (χ4n) is 4.78. The van der Waals surface area contributed by atoms with E-state index in [0.717, 1.165) is 32.0 Å². The number of nitrogens with zero attached hydrogens (tertiary/aromatic N) is 2. The summed E-state index contributed by atoms with van der Waals surface area (Å²) in [6.45, 7) is 1.42. The van der Waals surface area contributed by atoms with E-state index in [4.69, 9.17) is 4.74 Å². The van der Waals surface area contributed by atoms with Gasteiger partial charge in [0.2, 0.25) is 11.9 Å². The van der Waals surface area contributed by atoms with Crippen molar-refractivity contribution in [1.29, 1.82) is 0 Å². The molecule has 0 spiro atoms. The number of halogens is 3. The topological polar surface area (TPSA) is 66.5 Å². The largest absolute Gasteiger partial charge is 0.485 e. The Labute approximate surface area is 184 Å². The zero-order valence-electron chi connectivity index (χ0n) is 17.5. The van der Waals surface area contributed by atoms with Crippen LogP contribution in [0.5, 0.6) is 5.75 Å². The van der Waals surface area contributed by atoms with Gasteiger partial charge in [-0.05, 0) is 37.5 Å². The van der Waals surface area contributed by atoms with Gasteiger partial charge in [0.05, 0.1) is 6.54 Å². The molecule has 1 aliphatic carbocycles. The standard InChI is InChI=1S/C23H25F3N4O2/c24-14-6-18(22(19(25)7-14)32-12-13-2-1-5-27-23(13)26)17-8-20(17)28-9-21(31)30-10-15-3-4-16(11-30)29-15/h1-2,5-7,15-17,20,28-29H,3-4,8-12H2. The van der Waals surface area contributed by atoms with Gasteiger partial charge in [0.15, 0.2) is 11.6 Å². The number of carbonyl (C=O) groups is 1. The average Bonchev–Trinajstić information content (AvgIpc) is 3.47. The molecule has 170 valence electrons. The van der Waals surface area contributed by atoms with Gasteiger partial charge in [-0.15, -0.1) is 0 Å². The summed E-state index contributed by atoms with van der Waals surface area (Å²) in [6.07, 6.45) is 4.16. The van der Waals surface area contributed by atoms with Crippen molar-refractivity contribution < 1.29 is 22.7 Å². The number of ether oxygens (including phenoxy) is 1. The van der Waals surface area contributed by atoms with E-state index in [-0.39, 0.29) is 42.3 Å². The van der Waals surface area contributed by atoms with Crippen molar-refractivity contribution in [2.75, 3.05) is 19.6 Å². The SMILES string of the molecule is O=C(CNC1CC1c1cc(F)cc(F)c1OCc1cccnc1F)N1CC2CCC(C1)N2. The van der Waals surface area contributed by atoms with Gasteiger partial charge in [0.1, 0.15) is 12.4 Å². The molecule has 3 aliphatic rings. The number of amides is 1. The summed E-state index contributed by atoms with van der Waals surface area (Å²) in [6, 6.07) is 5.75. The molecule has 1 aromatic carbocycles. The third kappa shape index (κ3) is 4.45. The van der Waals surface area contributed by atoms with Crippen LogP contribution in [0.25, 0.3) is 0 Å². The molecular formula is C23H25F3N4O2. The maximum atomic E-state index is 14.5. The van der Waals surface area contributed by atoms with Crippen LogP contribution in [0.1, 0.15) is 36.3 Å². The van der Waals surface area contributed by atoms with Gasteiger partial charge in [-0.3, -0.25) is 4.79 Å². The van der Waals surface area contributed by atoms with Crippen LogP contribution in [0.15, 0.2) is 30.5 Å². The Hall–Kier alpha value is -2.65. The molecule has 32 heavy (non-hydrogen) atoms. The number of benzene rings is 1. The fourth-order valence-corrected chi connectivity index (χ4v) is 4.78. The van der Waals surface area contributed by atoms with Gasteiger partial charge in [0, 0.05) is 60.5 Å². The molecule has 2 bridgehead atoms. The highest BCUT2D eigenvalue weighted by Crippen LogP contribution is 2.46. The third-order valence-electron chi connectivity index (χ3n) is 6.52. The number of hydrogen-bond acceptors (Lipinski definition) is 5. The van der Waals surface area contributed by atoms with Gasteiger partial charge < -0.3 is 20.3 Å². The number of rotatable bonds is 7. The summed E-state index contributed by atoms with van der Waals surface area (Å²) in [7, 11) is 0. The number of aromatic nitrogens is 1. The summed E-state index contributed by atoms with van der Waals surface area (Å²) >= 11 is 0. The lowest BCUT2D eigenvalue weighted by molar-refractivity contribution is -0.131. The normalized spacial score (nSPS) is 26.3. The molecule has 4 unspecified atom stereocenters. The highest BCUT2D eigenvalue weighted by molar-refractivity contribution is 5.78. The van der Waals surface area contributed by atoms with Crippen LogP contribution in [0.3, 0.4) is 0 Å². The first-order chi connectivity index (χ1) is 15.5. The van der Waals surface area contributed by atoms with E-state index < -0.39 is 17.6 Å². The molecule has 0 radical (unpaired) electrons. The van der Waals surface area contributed by atoms with Crippen LogP contribution in [-0.4, -0.2) is 53.6 Å². The van der Waals surface area contributed by atoms with Gasteiger partial charge in [0.25, 0.3) is 0 Å². The van der Waals surface area contributed by atoms with Crippen molar-refractivity contribution in [3.05, 3.63) is 59.2 Å². The Morgan fingerprint density at radius 1 is 1.22 bits per heavy atom. The van der Waals surface area contributed by atoms with Gasteiger partial charge in [-0.1, -0.05) is 0 Å². The van der Waals surface area contributed by atoms with Crippen LogP contribution in [0.4, 0.5) is 13.2 Å². The molecule has 2 saturated heterocycles. The summed E-state index contributed by atoms with van der Waals surface area (Å²) in [5.41, 5.74) is 0.570. The number of nitrogens with one attached hydrogen (secondary N) is 2. The van der Waals surface area contributed by atoms with Crippen molar-refractivity contribution in [3.8, 4) is 5.75 Å². The molecule has 9 heteroatoms. The molecule has 4 atom stereocenters. The monoisotopic (exact) mass is 446 g/mol. The van der Waals surface area contributed by atoms with Gasteiger partial charge in [-0.25, -0.2) is 13.8 Å². The van der Waals surface area contributed by atoms with E-state index in [1.807, 2.05) is 4.90 Å². The lowest BCUT2D eigenvalue weighted by Gasteiger charge is -2.33. The number of pyridine rings is 1. The predicted molar refractivity (Wildman–Crippen MR) is 111 cm³/mol. The highest BCUT2D eigenvalue weighted by atomic mass is 19.1. The van der Waals surface area contributed by atoms with Crippen molar-refractivity contribution in [3.63, 3.8) is 0 Å². The quantitative estimate of drug-likeness (QED) is 0.640. The number of likely N-dealkylation sites (tertiary alicyclic amines) is 1. The van der Waals surface area contributed by atoms with Crippen LogP contribution < -0.4 is 15.4 Å². The van der Waals surface area contributed by atoms with E-state index >= 15 is 0 Å². The Kier molecular flexibility index (Phi) is 5.77. The van der Waals surface area contributed by atoms with Crippen molar-refractivity contribution in [1.82, 2.24) is 20.5 Å². The molecule has 1 aromatic heterocycles. The fraction of sp³-hybridized carbons (Fsp3) is 0.478. The van der Waals surface area contributed by atoms with E-state index in [9.17, 15) is 18.0 Å². The molecular weight excluding hydrogens is 421 g/mol. The first-order valence-corrected chi connectivity index (χ1v) is 11.0. The van der Waals surface area contributed by atoms with E-state index in [1.165, 1.54) is 18.3 Å². The smallest absolute Gasteiger partial charge is 0.236 e. The Balaban J connectivity index is 1.21. The Bertz CT molecular complexity index is 1010.